The molecule has 112 valence electrons. The fourth-order valence-electron chi connectivity index (χ4n) is 1.64. The number of guanidine groups is 1. The van der Waals surface area contributed by atoms with Crippen molar-refractivity contribution in [2.45, 2.75) is 6.54 Å². The first-order valence-electron chi connectivity index (χ1n) is 5.94. The molecule has 0 spiro atoms. The zero-order valence-corrected chi connectivity index (χ0v) is 15.9. The number of rotatable bonds is 5. The van der Waals surface area contributed by atoms with Crippen molar-refractivity contribution in [1.29, 1.82) is 0 Å². The monoisotopic (exact) mass is 453 g/mol. The number of hydrogen-bond donors (Lipinski definition) is 1. The third-order valence-electron chi connectivity index (χ3n) is 2.59. The molecule has 0 unspecified atom stereocenters. The second-order valence-corrected chi connectivity index (χ2v) is 5.24. The Hall–Kier alpha value is -0.760. The smallest absolute Gasteiger partial charge is 0.193 e. The lowest BCUT2D eigenvalue weighted by molar-refractivity contribution is 0.414. The first-order valence-corrected chi connectivity index (χ1v) is 6.74. The van der Waals surface area contributed by atoms with Crippen molar-refractivity contribution in [3.05, 3.63) is 40.9 Å². The van der Waals surface area contributed by atoms with Crippen molar-refractivity contribution < 1.29 is 4.74 Å². The molecule has 0 saturated heterocycles. The van der Waals surface area contributed by atoms with Gasteiger partial charge in [0.15, 0.2) is 5.96 Å². The summed E-state index contributed by atoms with van der Waals surface area (Å²) in [6, 6.07) is 8.01. The standard InChI is InChI=1S/C14H20BrN3O.HI/c1-11(15)9-17-14(16-2)18(3)10-12-5-7-13(19-4)8-6-12;/h5-8H,1,9-10H2,2-4H3,(H,16,17);1H. The number of nitrogens with one attached hydrogen (secondary N) is 1. The van der Waals surface area contributed by atoms with Crippen LogP contribution < -0.4 is 10.1 Å². The molecule has 0 saturated carbocycles. The predicted molar refractivity (Wildman–Crippen MR) is 99.3 cm³/mol. The summed E-state index contributed by atoms with van der Waals surface area (Å²) < 4.78 is 6.04. The summed E-state index contributed by atoms with van der Waals surface area (Å²) in [5.41, 5.74) is 1.20. The maximum absolute atomic E-state index is 5.14. The van der Waals surface area contributed by atoms with E-state index < -0.39 is 0 Å². The first kappa shape index (κ1) is 19.2. The summed E-state index contributed by atoms with van der Waals surface area (Å²) in [5, 5.41) is 3.22. The summed E-state index contributed by atoms with van der Waals surface area (Å²) in [6.07, 6.45) is 0. The van der Waals surface area contributed by atoms with E-state index in [2.05, 4.69) is 37.7 Å². The average molecular weight is 454 g/mol. The fraction of sp³-hybridized carbons (Fsp3) is 0.357. The lowest BCUT2D eigenvalue weighted by Gasteiger charge is -2.22. The Bertz CT molecular complexity index is 448. The van der Waals surface area contributed by atoms with Gasteiger partial charge in [-0.3, -0.25) is 4.99 Å². The van der Waals surface area contributed by atoms with Crippen LogP contribution in [0.2, 0.25) is 0 Å². The van der Waals surface area contributed by atoms with Crippen LogP contribution in [0.25, 0.3) is 0 Å². The Morgan fingerprint density at radius 2 is 2.00 bits per heavy atom. The van der Waals surface area contributed by atoms with Crippen LogP contribution in [0.3, 0.4) is 0 Å². The van der Waals surface area contributed by atoms with E-state index in [4.69, 9.17) is 4.74 Å². The lowest BCUT2D eigenvalue weighted by atomic mass is 10.2. The number of nitrogens with zero attached hydrogens (tertiary/aromatic N) is 2. The summed E-state index contributed by atoms with van der Waals surface area (Å²) in [4.78, 5) is 6.29. The van der Waals surface area contributed by atoms with E-state index in [-0.39, 0.29) is 24.0 Å². The van der Waals surface area contributed by atoms with Crippen LogP contribution >= 0.6 is 39.9 Å². The summed E-state index contributed by atoms with van der Waals surface area (Å²) in [6.45, 7) is 5.22. The van der Waals surface area contributed by atoms with Crippen molar-refractivity contribution in [1.82, 2.24) is 10.2 Å². The van der Waals surface area contributed by atoms with Gasteiger partial charge in [-0.05, 0) is 17.7 Å². The summed E-state index contributed by atoms with van der Waals surface area (Å²) >= 11 is 3.32. The molecule has 0 heterocycles. The van der Waals surface area contributed by atoms with Crippen molar-refractivity contribution in [2.75, 3.05) is 27.7 Å². The molecule has 0 bridgehead atoms. The molecule has 0 aliphatic rings. The van der Waals surface area contributed by atoms with E-state index in [0.29, 0.717) is 6.54 Å². The number of halogens is 2. The van der Waals surface area contributed by atoms with Crippen LogP contribution in [0.5, 0.6) is 5.75 Å². The topological polar surface area (TPSA) is 36.9 Å². The Labute approximate surface area is 146 Å². The predicted octanol–water partition coefficient (Wildman–Crippen LogP) is 3.23. The highest BCUT2D eigenvalue weighted by molar-refractivity contribution is 14.0. The van der Waals surface area contributed by atoms with Crippen molar-refractivity contribution in [3.8, 4) is 5.75 Å². The highest BCUT2D eigenvalue weighted by Crippen LogP contribution is 2.12. The minimum Gasteiger partial charge on any atom is -0.497 e. The molecule has 6 heteroatoms. The maximum atomic E-state index is 5.14. The van der Waals surface area contributed by atoms with Crippen molar-refractivity contribution in [3.63, 3.8) is 0 Å². The van der Waals surface area contributed by atoms with Crippen molar-refractivity contribution in [2.24, 2.45) is 4.99 Å². The molecule has 20 heavy (non-hydrogen) atoms. The molecule has 0 aromatic heterocycles. The largest absolute Gasteiger partial charge is 0.497 e. The molecule has 0 radical (unpaired) electrons. The number of aliphatic imine (C=N–C) groups is 1. The molecule has 1 aromatic carbocycles. The zero-order chi connectivity index (χ0) is 14.3. The molecular formula is C14H21BrIN3O. The van der Waals surface area contributed by atoms with Gasteiger partial charge in [0.1, 0.15) is 5.75 Å². The van der Waals surface area contributed by atoms with Gasteiger partial charge < -0.3 is 15.0 Å². The highest BCUT2D eigenvalue weighted by Gasteiger charge is 2.06. The summed E-state index contributed by atoms with van der Waals surface area (Å²) in [5.74, 6) is 1.70. The van der Waals surface area contributed by atoms with Gasteiger partial charge in [-0.1, -0.05) is 34.6 Å². The molecular weight excluding hydrogens is 433 g/mol. The summed E-state index contributed by atoms with van der Waals surface area (Å²) in [7, 11) is 5.43. The van der Waals surface area contributed by atoms with E-state index in [9.17, 15) is 0 Å². The zero-order valence-electron chi connectivity index (χ0n) is 12.0. The lowest BCUT2D eigenvalue weighted by Crippen LogP contribution is -2.38. The molecule has 0 amide bonds. The molecule has 0 aliphatic carbocycles. The highest BCUT2D eigenvalue weighted by atomic mass is 127. The molecule has 4 nitrogen and oxygen atoms in total. The normalized spacial score (nSPS) is 10.5. The first-order chi connectivity index (χ1) is 9.06. The minimum absolute atomic E-state index is 0. The SMILES string of the molecule is C=C(Br)CNC(=NC)N(C)Cc1ccc(OC)cc1.I. The molecule has 0 fully saturated rings. The van der Waals surface area contributed by atoms with E-state index in [1.54, 1.807) is 14.2 Å². The third kappa shape index (κ3) is 6.60. The number of hydrogen-bond acceptors (Lipinski definition) is 2. The van der Waals surface area contributed by atoms with Gasteiger partial charge in [0.25, 0.3) is 0 Å². The Morgan fingerprint density at radius 3 is 2.45 bits per heavy atom. The Morgan fingerprint density at radius 1 is 1.40 bits per heavy atom. The van der Waals surface area contributed by atoms with E-state index in [1.165, 1.54) is 5.56 Å². The minimum atomic E-state index is 0. The van der Waals surface area contributed by atoms with Crippen LogP contribution in [0, 0.1) is 0 Å². The average Bonchev–Trinajstić information content (AvgIpc) is 2.40. The van der Waals surface area contributed by atoms with Crippen molar-refractivity contribution >= 4 is 45.9 Å². The number of methoxy groups -OCH3 is 1. The van der Waals surface area contributed by atoms with Crippen LogP contribution in [0.4, 0.5) is 0 Å². The van der Waals surface area contributed by atoms with Gasteiger partial charge in [0.2, 0.25) is 0 Å². The molecule has 1 aromatic rings. The van der Waals surface area contributed by atoms with Crippen LogP contribution in [0.15, 0.2) is 40.3 Å². The maximum Gasteiger partial charge on any atom is 0.193 e. The van der Waals surface area contributed by atoms with Gasteiger partial charge in [0.05, 0.1) is 7.11 Å². The van der Waals surface area contributed by atoms with Gasteiger partial charge in [0, 0.05) is 31.7 Å². The second-order valence-electron chi connectivity index (χ2n) is 4.12. The second kappa shape index (κ2) is 10.0. The number of benzene rings is 1. The quantitative estimate of drug-likeness (QED) is 0.422. The van der Waals surface area contributed by atoms with E-state index in [1.807, 2.05) is 31.3 Å². The molecule has 0 atom stereocenters. The molecule has 0 aliphatic heterocycles. The van der Waals surface area contributed by atoms with Crippen LogP contribution in [-0.4, -0.2) is 38.6 Å². The third-order valence-corrected chi connectivity index (χ3v) is 2.87. The van der Waals surface area contributed by atoms with Gasteiger partial charge in [-0.15, -0.1) is 24.0 Å². The Balaban J connectivity index is 0.00000361. The van der Waals surface area contributed by atoms with E-state index in [0.717, 1.165) is 22.7 Å². The van der Waals surface area contributed by atoms with Gasteiger partial charge in [-0.2, -0.15) is 0 Å². The Kier molecular flexibility index (Phi) is 9.66. The van der Waals surface area contributed by atoms with Gasteiger partial charge in [-0.25, -0.2) is 0 Å². The van der Waals surface area contributed by atoms with Gasteiger partial charge >= 0.3 is 0 Å². The van der Waals surface area contributed by atoms with Crippen LogP contribution in [0.1, 0.15) is 5.56 Å². The van der Waals surface area contributed by atoms with Crippen LogP contribution in [-0.2, 0) is 6.54 Å². The number of ether oxygens (including phenoxy) is 1. The molecule has 1 N–H and O–H groups in total. The fourth-order valence-corrected chi connectivity index (χ4v) is 1.78. The molecule has 1 rings (SSSR count). The van der Waals surface area contributed by atoms with E-state index >= 15 is 0 Å².